The molecule has 0 aliphatic carbocycles. The van der Waals surface area contributed by atoms with Gasteiger partial charge in [0.2, 0.25) is 5.91 Å². The summed E-state index contributed by atoms with van der Waals surface area (Å²) >= 11 is 5.83. The molecular formula is C14H17ClN2O. The van der Waals surface area contributed by atoms with Crippen LogP contribution in [-0.4, -0.2) is 17.9 Å². The van der Waals surface area contributed by atoms with Crippen LogP contribution in [-0.2, 0) is 4.79 Å². The molecule has 0 saturated carbocycles. The third kappa shape index (κ3) is 3.24. The van der Waals surface area contributed by atoms with Gasteiger partial charge in [-0.3, -0.25) is 4.79 Å². The fourth-order valence-electron chi connectivity index (χ4n) is 1.72. The molecule has 1 aromatic carbocycles. The fourth-order valence-corrected chi connectivity index (χ4v) is 1.85. The maximum atomic E-state index is 12.1. The van der Waals surface area contributed by atoms with Gasteiger partial charge in [-0.05, 0) is 31.0 Å². The molecular weight excluding hydrogens is 248 g/mol. The van der Waals surface area contributed by atoms with Gasteiger partial charge in [0.1, 0.15) is 5.92 Å². The molecule has 0 N–H and O–H groups in total. The number of halogens is 1. The van der Waals surface area contributed by atoms with Crippen LogP contribution in [0, 0.1) is 17.2 Å². The van der Waals surface area contributed by atoms with Gasteiger partial charge in [-0.2, -0.15) is 5.26 Å². The zero-order chi connectivity index (χ0) is 13.7. The molecule has 18 heavy (non-hydrogen) atoms. The van der Waals surface area contributed by atoms with Crippen molar-refractivity contribution < 1.29 is 4.79 Å². The van der Waals surface area contributed by atoms with Crippen molar-refractivity contribution in [2.24, 2.45) is 5.92 Å². The first-order valence-corrected chi connectivity index (χ1v) is 6.30. The van der Waals surface area contributed by atoms with Crippen LogP contribution in [0.1, 0.15) is 31.9 Å². The second-order valence-electron chi connectivity index (χ2n) is 4.27. The summed E-state index contributed by atoms with van der Waals surface area (Å²) in [4.78, 5) is 13.7. The van der Waals surface area contributed by atoms with E-state index in [1.807, 2.05) is 32.0 Å². The molecule has 1 amide bonds. The second kappa shape index (κ2) is 6.42. The lowest BCUT2D eigenvalue weighted by Gasteiger charge is -2.27. The van der Waals surface area contributed by atoms with Crippen LogP contribution >= 0.6 is 11.6 Å². The topological polar surface area (TPSA) is 44.1 Å². The van der Waals surface area contributed by atoms with Crippen LogP contribution in [0.5, 0.6) is 0 Å². The number of nitriles is 1. The van der Waals surface area contributed by atoms with E-state index in [2.05, 4.69) is 0 Å². The number of rotatable bonds is 4. The molecule has 2 unspecified atom stereocenters. The highest BCUT2D eigenvalue weighted by Gasteiger charge is 2.24. The molecule has 0 heterocycles. The summed E-state index contributed by atoms with van der Waals surface area (Å²) in [6.07, 6.45) is 0.535. The fraction of sp³-hybridized carbons (Fsp3) is 0.429. The van der Waals surface area contributed by atoms with E-state index in [4.69, 9.17) is 16.9 Å². The molecule has 0 saturated heterocycles. The molecule has 3 nitrogen and oxygen atoms in total. The monoisotopic (exact) mass is 264 g/mol. The first-order valence-electron chi connectivity index (χ1n) is 5.93. The number of carbonyl (C=O) groups is 1. The molecule has 2 atom stereocenters. The minimum Gasteiger partial charge on any atom is -0.338 e. The first-order chi connectivity index (χ1) is 8.51. The van der Waals surface area contributed by atoms with Crippen molar-refractivity contribution in [2.75, 3.05) is 7.05 Å². The van der Waals surface area contributed by atoms with Gasteiger partial charge in [0.05, 0.1) is 12.1 Å². The Morgan fingerprint density at radius 1 is 1.44 bits per heavy atom. The highest BCUT2D eigenvalue weighted by Crippen LogP contribution is 2.22. The van der Waals surface area contributed by atoms with E-state index in [9.17, 15) is 4.79 Å². The lowest BCUT2D eigenvalue weighted by Crippen LogP contribution is -2.34. The Labute approximate surface area is 113 Å². The third-order valence-corrected chi connectivity index (χ3v) is 3.40. The summed E-state index contributed by atoms with van der Waals surface area (Å²) in [5, 5.41) is 9.59. The van der Waals surface area contributed by atoms with Crippen molar-refractivity contribution in [3.05, 3.63) is 34.9 Å². The maximum absolute atomic E-state index is 12.1. The number of amides is 1. The Kier molecular flexibility index (Phi) is 5.18. The van der Waals surface area contributed by atoms with Crippen molar-refractivity contribution in [2.45, 2.75) is 26.3 Å². The van der Waals surface area contributed by atoms with E-state index in [1.54, 1.807) is 24.1 Å². The van der Waals surface area contributed by atoms with Crippen molar-refractivity contribution in [1.82, 2.24) is 4.90 Å². The minimum atomic E-state index is -0.565. The third-order valence-electron chi connectivity index (χ3n) is 3.14. The van der Waals surface area contributed by atoms with Gasteiger partial charge in [-0.15, -0.1) is 0 Å². The predicted octanol–water partition coefficient (Wildman–Crippen LogP) is 3.41. The van der Waals surface area contributed by atoms with Gasteiger partial charge in [0.25, 0.3) is 0 Å². The van der Waals surface area contributed by atoms with E-state index < -0.39 is 5.92 Å². The Hall–Kier alpha value is -1.53. The summed E-state index contributed by atoms with van der Waals surface area (Å²) in [5.74, 6) is -0.702. The van der Waals surface area contributed by atoms with Crippen molar-refractivity contribution >= 4 is 17.5 Å². The normalized spacial score (nSPS) is 13.5. The summed E-state index contributed by atoms with van der Waals surface area (Å²) in [6, 6.07) is 9.35. The lowest BCUT2D eigenvalue weighted by atomic mass is 10.0. The van der Waals surface area contributed by atoms with E-state index >= 15 is 0 Å². The molecule has 0 radical (unpaired) electrons. The average Bonchev–Trinajstić information content (AvgIpc) is 2.39. The lowest BCUT2D eigenvalue weighted by molar-refractivity contribution is -0.134. The summed E-state index contributed by atoms with van der Waals surface area (Å²) < 4.78 is 0. The van der Waals surface area contributed by atoms with E-state index in [0.717, 1.165) is 5.56 Å². The number of benzene rings is 1. The summed E-state index contributed by atoms with van der Waals surface area (Å²) in [6.45, 7) is 3.78. The number of hydrogen-bond acceptors (Lipinski definition) is 2. The van der Waals surface area contributed by atoms with Crippen molar-refractivity contribution in [3.63, 3.8) is 0 Å². The highest BCUT2D eigenvalue weighted by molar-refractivity contribution is 6.30. The molecule has 1 rings (SSSR count). The summed E-state index contributed by atoms with van der Waals surface area (Å²) in [5.41, 5.74) is 1.00. The molecule has 0 aliphatic heterocycles. The SMILES string of the molecule is CCC(C#N)C(=O)N(C)C(C)c1ccc(Cl)cc1. The number of hydrogen-bond donors (Lipinski definition) is 0. The zero-order valence-corrected chi connectivity index (χ0v) is 11.6. The highest BCUT2D eigenvalue weighted by atomic mass is 35.5. The quantitative estimate of drug-likeness (QED) is 0.836. The van der Waals surface area contributed by atoms with Crippen molar-refractivity contribution in [3.8, 4) is 6.07 Å². The maximum Gasteiger partial charge on any atom is 0.240 e. The van der Waals surface area contributed by atoms with E-state index in [1.165, 1.54) is 0 Å². The van der Waals surface area contributed by atoms with Crippen LogP contribution in [0.25, 0.3) is 0 Å². The molecule has 4 heteroatoms. The van der Waals surface area contributed by atoms with Crippen LogP contribution < -0.4 is 0 Å². The van der Waals surface area contributed by atoms with Crippen molar-refractivity contribution in [1.29, 1.82) is 5.26 Å². The van der Waals surface area contributed by atoms with Crippen LogP contribution in [0.15, 0.2) is 24.3 Å². The largest absolute Gasteiger partial charge is 0.338 e. The van der Waals surface area contributed by atoms with E-state index in [0.29, 0.717) is 11.4 Å². The second-order valence-corrected chi connectivity index (χ2v) is 4.70. The van der Waals surface area contributed by atoms with E-state index in [-0.39, 0.29) is 11.9 Å². The van der Waals surface area contributed by atoms with Gasteiger partial charge >= 0.3 is 0 Å². The number of carbonyl (C=O) groups excluding carboxylic acids is 1. The first kappa shape index (κ1) is 14.5. The van der Waals surface area contributed by atoms with Gasteiger partial charge in [0.15, 0.2) is 0 Å². The Balaban J connectivity index is 2.84. The molecule has 96 valence electrons. The van der Waals surface area contributed by atoms with Crippen LogP contribution in [0.2, 0.25) is 5.02 Å². The molecule has 1 aromatic rings. The Bertz CT molecular complexity index is 450. The van der Waals surface area contributed by atoms with Gasteiger partial charge < -0.3 is 4.90 Å². The molecule has 0 aromatic heterocycles. The molecule has 0 aliphatic rings. The smallest absolute Gasteiger partial charge is 0.240 e. The average molecular weight is 265 g/mol. The standard InChI is InChI=1S/C14H17ClN2O/c1-4-11(9-16)14(18)17(3)10(2)12-5-7-13(15)8-6-12/h5-8,10-11H,4H2,1-3H3. The predicted molar refractivity (Wildman–Crippen MR) is 72.0 cm³/mol. The Morgan fingerprint density at radius 3 is 2.44 bits per heavy atom. The van der Waals surface area contributed by atoms with Gasteiger partial charge in [-0.1, -0.05) is 30.7 Å². The zero-order valence-electron chi connectivity index (χ0n) is 10.9. The number of nitrogens with zero attached hydrogens (tertiary/aromatic N) is 2. The van der Waals surface area contributed by atoms with Crippen LogP contribution in [0.4, 0.5) is 0 Å². The van der Waals surface area contributed by atoms with Crippen LogP contribution in [0.3, 0.4) is 0 Å². The minimum absolute atomic E-state index is 0.0721. The Morgan fingerprint density at radius 2 is 2.00 bits per heavy atom. The molecule has 0 fully saturated rings. The molecule has 0 bridgehead atoms. The van der Waals surface area contributed by atoms with Gasteiger partial charge in [0, 0.05) is 12.1 Å². The summed E-state index contributed by atoms with van der Waals surface area (Å²) in [7, 11) is 1.72. The van der Waals surface area contributed by atoms with Gasteiger partial charge in [-0.25, -0.2) is 0 Å². The molecule has 0 spiro atoms.